The molecule has 2 amide bonds. The Morgan fingerprint density at radius 2 is 2.14 bits per heavy atom. The Morgan fingerprint density at radius 1 is 1.28 bits per heavy atom. The van der Waals surface area contributed by atoms with E-state index in [4.69, 9.17) is 14.2 Å². The molecule has 2 saturated heterocycles. The van der Waals surface area contributed by atoms with Crippen LogP contribution in [-0.4, -0.2) is 42.4 Å². The number of fused-ring (bicyclic) bond motifs is 1. The van der Waals surface area contributed by atoms with Crippen LogP contribution in [0.2, 0.25) is 0 Å². The molecule has 4 aliphatic rings. The summed E-state index contributed by atoms with van der Waals surface area (Å²) in [6.07, 6.45) is 4.94. The topological polar surface area (TPSA) is 77.1 Å². The lowest BCUT2D eigenvalue weighted by Crippen LogP contribution is -2.51. The quantitative estimate of drug-likeness (QED) is 0.836. The zero-order chi connectivity index (χ0) is 20.0. The molecule has 3 heterocycles. The first kappa shape index (κ1) is 18.6. The van der Waals surface area contributed by atoms with Gasteiger partial charge in [0.25, 0.3) is 0 Å². The van der Waals surface area contributed by atoms with Gasteiger partial charge in [-0.25, -0.2) is 4.79 Å². The van der Waals surface area contributed by atoms with Crippen LogP contribution in [0.1, 0.15) is 45.4 Å². The molecule has 0 bridgehead atoms. The number of amides is 2. The maximum atomic E-state index is 12.7. The Hall–Kier alpha value is -2.44. The van der Waals surface area contributed by atoms with Crippen molar-refractivity contribution in [2.45, 2.75) is 57.6 Å². The van der Waals surface area contributed by atoms with Crippen molar-refractivity contribution >= 4 is 17.7 Å². The van der Waals surface area contributed by atoms with Crippen LogP contribution in [0.15, 0.2) is 18.2 Å². The average molecular weight is 400 g/mol. The van der Waals surface area contributed by atoms with Gasteiger partial charge in [0.2, 0.25) is 12.7 Å². The van der Waals surface area contributed by atoms with Crippen LogP contribution in [0, 0.1) is 17.8 Å². The maximum absolute atomic E-state index is 12.7. The molecule has 5 rings (SSSR count). The van der Waals surface area contributed by atoms with E-state index < -0.39 is 6.09 Å². The molecule has 1 saturated carbocycles. The highest BCUT2D eigenvalue weighted by Gasteiger charge is 2.52. The fraction of sp³-hybridized carbons (Fsp3) is 0.636. The van der Waals surface area contributed by atoms with Crippen molar-refractivity contribution in [1.82, 2.24) is 4.90 Å². The van der Waals surface area contributed by atoms with Crippen molar-refractivity contribution < 1.29 is 23.8 Å². The fourth-order valence-electron chi connectivity index (χ4n) is 5.99. The van der Waals surface area contributed by atoms with Crippen molar-refractivity contribution in [2.24, 2.45) is 17.8 Å². The van der Waals surface area contributed by atoms with Gasteiger partial charge in [0, 0.05) is 36.7 Å². The molecule has 7 nitrogen and oxygen atoms in total. The van der Waals surface area contributed by atoms with Gasteiger partial charge in [0.05, 0.1) is 0 Å². The van der Waals surface area contributed by atoms with Crippen LogP contribution in [-0.2, 0) is 9.53 Å². The Bertz CT molecular complexity index is 812. The van der Waals surface area contributed by atoms with Gasteiger partial charge in [-0.15, -0.1) is 0 Å². The lowest BCUT2D eigenvalue weighted by atomic mass is 9.67. The second kappa shape index (κ2) is 7.43. The zero-order valence-electron chi connectivity index (χ0n) is 16.8. The minimum atomic E-state index is -0.426. The van der Waals surface area contributed by atoms with Gasteiger partial charge in [-0.2, -0.15) is 0 Å². The number of nitrogens with zero attached hydrogens (tertiary/aromatic N) is 1. The van der Waals surface area contributed by atoms with Gasteiger partial charge in [0.15, 0.2) is 11.5 Å². The van der Waals surface area contributed by atoms with E-state index in [1.54, 1.807) is 18.2 Å². The minimum absolute atomic E-state index is 0.103. The number of hydrogen-bond donors (Lipinski definition) is 1. The summed E-state index contributed by atoms with van der Waals surface area (Å²) in [5.41, 5.74) is 0.632. The predicted molar refractivity (Wildman–Crippen MR) is 106 cm³/mol. The summed E-state index contributed by atoms with van der Waals surface area (Å²) >= 11 is 0. The van der Waals surface area contributed by atoms with Crippen LogP contribution >= 0.6 is 0 Å². The molecular formula is C22H28N2O5. The van der Waals surface area contributed by atoms with E-state index in [9.17, 15) is 9.59 Å². The van der Waals surface area contributed by atoms with E-state index in [1.165, 1.54) is 0 Å². The highest BCUT2D eigenvalue weighted by molar-refractivity contribution is 5.85. The first-order valence-electron chi connectivity index (χ1n) is 10.8. The monoisotopic (exact) mass is 400 g/mol. The molecule has 156 valence electrons. The molecule has 1 aliphatic carbocycles. The number of benzene rings is 1. The van der Waals surface area contributed by atoms with Crippen molar-refractivity contribution in [1.29, 1.82) is 0 Å². The summed E-state index contributed by atoms with van der Waals surface area (Å²) in [4.78, 5) is 27.3. The summed E-state index contributed by atoms with van der Waals surface area (Å²) in [7, 11) is 0. The van der Waals surface area contributed by atoms with Crippen LogP contribution in [0.3, 0.4) is 0 Å². The maximum Gasteiger partial charge on any atom is 0.411 e. The van der Waals surface area contributed by atoms with Gasteiger partial charge in [-0.1, -0.05) is 6.92 Å². The van der Waals surface area contributed by atoms with Crippen LogP contribution < -0.4 is 14.8 Å². The molecule has 5 atom stereocenters. The highest BCUT2D eigenvalue weighted by Crippen LogP contribution is 2.48. The normalized spacial score (nSPS) is 32.5. The number of carbonyl (C=O) groups excluding carboxylic acids is 2. The van der Waals surface area contributed by atoms with E-state index in [-0.39, 0.29) is 12.9 Å². The van der Waals surface area contributed by atoms with E-state index in [0.29, 0.717) is 53.3 Å². The SMILES string of the molecule is CC[C@@H]1[C@H]2CCCC(=O)N3CC[C@@H](C[C@@H]1OC(=O)Nc1ccc4c(c1)OCO4)[C@@H]23. The zero-order valence-corrected chi connectivity index (χ0v) is 16.8. The largest absolute Gasteiger partial charge is 0.454 e. The molecule has 0 radical (unpaired) electrons. The summed E-state index contributed by atoms with van der Waals surface area (Å²) in [5, 5.41) is 2.84. The summed E-state index contributed by atoms with van der Waals surface area (Å²) in [6, 6.07) is 5.66. The second-order valence-electron chi connectivity index (χ2n) is 8.63. The van der Waals surface area contributed by atoms with Crippen LogP contribution in [0.4, 0.5) is 10.5 Å². The van der Waals surface area contributed by atoms with E-state index in [0.717, 1.165) is 38.6 Å². The number of nitrogens with one attached hydrogen (secondary N) is 1. The van der Waals surface area contributed by atoms with Crippen molar-refractivity contribution in [3.63, 3.8) is 0 Å². The standard InChI is InChI=1S/C22H28N2O5/c1-2-15-16-4-3-5-20(25)24-9-8-13(21(16)24)10-18(15)29-22(26)23-14-6-7-17-19(11-14)28-12-27-17/h6-7,11,13,15-16,18,21H,2-5,8-10,12H2,1H3,(H,23,26)/t13-,15+,16+,18-,21-/m0/s1. The van der Waals surface area contributed by atoms with Gasteiger partial charge < -0.3 is 19.1 Å². The highest BCUT2D eigenvalue weighted by atomic mass is 16.7. The molecule has 1 aromatic rings. The third kappa shape index (κ3) is 3.30. The number of ether oxygens (including phenoxy) is 3. The molecule has 1 aromatic carbocycles. The Kier molecular flexibility index (Phi) is 4.76. The Balaban J connectivity index is 1.29. The predicted octanol–water partition coefficient (Wildman–Crippen LogP) is 3.78. The number of rotatable bonds is 3. The summed E-state index contributed by atoms with van der Waals surface area (Å²) < 4.78 is 16.6. The second-order valence-corrected chi connectivity index (χ2v) is 8.63. The number of hydrogen-bond acceptors (Lipinski definition) is 5. The van der Waals surface area contributed by atoms with Gasteiger partial charge in [-0.05, 0) is 56.1 Å². The van der Waals surface area contributed by atoms with Crippen molar-refractivity contribution in [3.8, 4) is 11.5 Å². The Morgan fingerprint density at radius 3 is 3.00 bits per heavy atom. The summed E-state index contributed by atoms with van der Waals surface area (Å²) in [6.45, 7) is 3.23. The van der Waals surface area contributed by atoms with Crippen LogP contribution in [0.25, 0.3) is 0 Å². The Labute approximate surface area is 170 Å². The number of anilines is 1. The third-order valence-corrected chi connectivity index (χ3v) is 7.18. The molecule has 0 aromatic heterocycles. The van der Waals surface area contributed by atoms with Gasteiger partial charge >= 0.3 is 6.09 Å². The van der Waals surface area contributed by atoms with E-state index >= 15 is 0 Å². The molecule has 29 heavy (non-hydrogen) atoms. The molecule has 3 fully saturated rings. The third-order valence-electron chi connectivity index (χ3n) is 7.18. The van der Waals surface area contributed by atoms with E-state index in [2.05, 4.69) is 17.1 Å². The molecule has 0 spiro atoms. The first-order valence-corrected chi connectivity index (χ1v) is 10.8. The number of carbonyl (C=O) groups is 2. The fourth-order valence-corrected chi connectivity index (χ4v) is 5.99. The van der Waals surface area contributed by atoms with Gasteiger partial charge in [-0.3, -0.25) is 10.1 Å². The lowest BCUT2D eigenvalue weighted by molar-refractivity contribution is -0.134. The molecular weight excluding hydrogens is 372 g/mol. The van der Waals surface area contributed by atoms with E-state index in [1.807, 2.05) is 0 Å². The van der Waals surface area contributed by atoms with Crippen LogP contribution in [0.5, 0.6) is 11.5 Å². The van der Waals surface area contributed by atoms with Crippen molar-refractivity contribution in [2.75, 3.05) is 18.7 Å². The lowest BCUT2D eigenvalue weighted by Gasteiger charge is -2.45. The molecule has 7 heteroatoms. The molecule has 3 aliphatic heterocycles. The molecule has 1 N–H and O–H groups in total. The molecule has 0 unspecified atom stereocenters. The smallest absolute Gasteiger partial charge is 0.411 e. The minimum Gasteiger partial charge on any atom is -0.454 e. The first-order chi connectivity index (χ1) is 14.1. The summed E-state index contributed by atoms with van der Waals surface area (Å²) in [5.74, 6) is 2.79. The average Bonchev–Trinajstić information content (AvgIpc) is 3.30. The van der Waals surface area contributed by atoms with Crippen molar-refractivity contribution in [3.05, 3.63) is 18.2 Å². The van der Waals surface area contributed by atoms with Gasteiger partial charge in [0.1, 0.15) is 6.10 Å².